The van der Waals surface area contributed by atoms with E-state index in [1.165, 1.54) is 128 Å². The van der Waals surface area contributed by atoms with E-state index in [1.54, 1.807) is 0 Å². The van der Waals surface area contributed by atoms with Crippen molar-refractivity contribution >= 4 is 17.9 Å². The number of rotatable bonds is 40. The van der Waals surface area contributed by atoms with Gasteiger partial charge in [-0.3, -0.25) is 14.4 Å². The highest BCUT2D eigenvalue weighted by Crippen LogP contribution is 2.17. The Bertz CT molecular complexity index is 822. The summed E-state index contributed by atoms with van der Waals surface area (Å²) in [5.41, 5.74) is 0. The molecular weight excluding hydrogens is 661 g/mol. The molecule has 0 saturated heterocycles. The van der Waals surface area contributed by atoms with Gasteiger partial charge >= 0.3 is 17.9 Å². The third-order valence-corrected chi connectivity index (χ3v) is 10.4. The number of hydrogen-bond donors (Lipinski definition) is 0. The lowest BCUT2D eigenvalue weighted by molar-refractivity contribution is -0.167. The maximum atomic E-state index is 12.7. The van der Waals surface area contributed by atoms with Crippen molar-refractivity contribution in [2.75, 3.05) is 13.2 Å². The van der Waals surface area contributed by atoms with Crippen LogP contribution in [0.2, 0.25) is 0 Å². The van der Waals surface area contributed by atoms with Crippen LogP contribution in [0.1, 0.15) is 247 Å². The van der Waals surface area contributed by atoms with Gasteiger partial charge in [-0.2, -0.15) is 0 Å². The molecule has 0 N–H and O–H groups in total. The standard InChI is InChI=1S/C47H90O6/c1-41(2)33-27-21-15-9-7-11-18-24-30-36-45(48)51-39-44(40-52-46(49)37-31-25-19-14-13-17-23-29-35-43(5)6)53-47(50)38-32-26-20-12-8-10-16-22-28-34-42(3)4/h41-44H,7-40H2,1-6H3/t44-/m1/s1. The summed E-state index contributed by atoms with van der Waals surface area (Å²) < 4.78 is 16.7. The lowest BCUT2D eigenvalue weighted by Crippen LogP contribution is -2.30. The van der Waals surface area contributed by atoms with Crippen molar-refractivity contribution in [3.63, 3.8) is 0 Å². The Kier molecular flexibility index (Phi) is 37.5. The molecule has 0 spiro atoms. The van der Waals surface area contributed by atoms with E-state index in [-0.39, 0.29) is 31.1 Å². The van der Waals surface area contributed by atoms with Crippen molar-refractivity contribution in [3.8, 4) is 0 Å². The first-order valence-electron chi connectivity index (χ1n) is 23.1. The molecule has 53 heavy (non-hydrogen) atoms. The van der Waals surface area contributed by atoms with E-state index in [1.807, 2.05) is 0 Å². The Labute approximate surface area is 329 Å². The van der Waals surface area contributed by atoms with Gasteiger partial charge in [-0.15, -0.1) is 0 Å². The minimum Gasteiger partial charge on any atom is -0.462 e. The number of carbonyl (C=O) groups excluding carboxylic acids is 3. The summed E-state index contributed by atoms with van der Waals surface area (Å²) in [6.45, 7) is 13.6. The Morgan fingerprint density at radius 2 is 0.547 bits per heavy atom. The van der Waals surface area contributed by atoms with Gasteiger partial charge in [0.15, 0.2) is 6.10 Å². The van der Waals surface area contributed by atoms with Crippen LogP contribution in [-0.4, -0.2) is 37.2 Å². The highest BCUT2D eigenvalue weighted by atomic mass is 16.6. The number of unbranched alkanes of at least 4 members (excludes halogenated alkanes) is 23. The molecule has 6 nitrogen and oxygen atoms in total. The number of esters is 3. The zero-order valence-electron chi connectivity index (χ0n) is 36.3. The van der Waals surface area contributed by atoms with Crippen molar-refractivity contribution in [2.24, 2.45) is 17.8 Å². The maximum absolute atomic E-state index is 12.7. The molecular formula is C47H90O6. The number of carbonyl (C=O) groups is 3. The highest BCUT2D eigenvalue weighted by molar-refractivity contribution is 5.71. The van der Waals surface area contributed by atoms with Gasteiger partial charge in [0, 0.05) is 19.3 Å². The molecule has 0 radical (unpaired) electrons. The molecule has 0 saturated carbocycles. The van der Waals surface area contributed by atoms with Crippen LogP contribution in [-0.2, 0) is 28.6 Å². The summed E-state index contributed by atoms with van der Waals surface area (Å²) in [5, 5.41) is 0. The molecule has 0 aliphatic rings. The van der Waals surface area contributed by atoms with Gasteiger partial charge in [-0.05, 0) is 37.0 Å². The molecule has 0 amide bonds. The van der Waals surface area contributed by atoms with Crippen LogP contribution in [0, 0.1) is 17.8 Å². The fraction of sp³-hybridized carbons (Fsp3) is 0.936. The Morgan fingerprint density at radius 1 is 0.321 bits per heavy atom. The summed E-state index contributed by atoms with van der Waals surface area (Å²) in [5.74, 6) is 1.55. The normalized spacial score (nSPS) is 12.2. The Balaban J connectivity index is 4.35. The molecule has 0 aromatic rings. The van der Waals surface area contributed by atoms with Gasteiger partial charge in [0.05, 0.1) is 0 Å². The molecule has 0 aromatic heterocycles. The van der Waals surface area contributed by atoms with E-state index in [9.17, 15) is 14.4 Å². The van der Waals surface area contributed by atoms with E-state index in [2.05, 4.69) is 41.5 Å². The molecule has 0 aromatic carbocycles. The van der Waals surface area contributed by atoms with Gasteiger partial charge in [-0.25, -0.2) is 0 Å². The average molecular weight is 751 g/mol. The molecule has 314 valence electrons. The molecule has 0 unspecified atom stereocenters. The largest absolute Gasteiger partial charge is 0.462 e. The molecule has 0 rings (SSSR count). The van der Waals surface area contributed by atoms with Crippen LogP contribution in [0.4, 0.5) is 0 Å². The minimum absolute atomic E-state index is 0.0665. The van der Waals surface area contributed by atoms with Crippen molar-refractivity contribution < 1.29 is 28.6 Å². The van der Waals surface area contributed by atoms with Crippen LogP contribution < -0.4 is 0 Å². The molecule has 1 atom stereocenters. The predicted molar refractivity (Wildman–Crippen MR) is 224 cm³/mol. The summed E-state index contributed by atoms with van der Waals surface area (Å²) in [4.78, 5) is 37.7. The predicted octanol–water partition coefficient (Wildman–Crippen LogP) is 14.4. The average Bonchev–Trinajstić information content (AvgIpc) is 3.11. The minimum atomic E-state index is -0.762. The van der Waals surface area contributed by atoms with Gasteiger partial charge in [0.2, 0.25) is 0 Å². The third-order valence-electron chi connectivity index (χ3n) is 10.4. The second-order valence-electron chi connectivity index (χ2n) is 17.5. The van der Waals surface area contributed by atoms with Gasteiger partial charge in [0.25, 0.3) is 0 Å². The van der Waals surface area contributed by atoms with E-state index in [0.29, 0.717) is 19.3 Å². The van der Waals surface area contributed by atoms with E-state index in [0.717, 1.165) is 75.5 Å². The van der Waals surface area contributed by atoms with Gasteiger partial charge in [0.1, 0.15) is 13.2 Å². The van der Waals surface area contributed by atoms with Crippen molar-refractivity contribution in [2.45, 2.75) is 253 Å². The molecule has 0 fully saturated rings. The van der Waals surface area contributed by atoms with E-state index >= 15 is 0 Å². The molecule has 0 heterocycles. The molecule has 0 aliphatic heterocycles. The van der Waals surface area contributed by atoms with E-state index in [4.69, 9.17) is 14.2 Å². The second-order valence-corrected chi connectivity index (χ2v) is 17.5. The first-order chi connectivity index (χ1) is 25.6. The zero-order chi connectivity index (χ0) is 39.2. The van der Waals surface area contributed by atoms with E-state index < -0.39 is 6.10 Å². The SMILES string of the molecule is CC(C)CCCCCCCCCCCC(=O)OC[C@H](COC(=O)CCCCCCCCCCC(C)C)OC(=O)CCCCCCCCCCCC(C)C. The van der Waals surface area contributed by atoms with Crippen molar-refractivity contribution in [1.29, 1.82) is 0 Å². The molecule has 0 bridgehead atoms. The first-order valence-corrected chi connectivity index (χ1v) is 23.1. The highest BCUT2D eigenvalue weighted by Gasteiger charge is 2.19. The zero-order valence-corrected chi connectivity index (χ0v) is 36.3. The fourth-order valence-corrected chi connectivity index (χ4v) is 6.88. The first kappa shape index (κ1) is 51.4. The van der Waals surface area contributed by atoms with Gasteiger partial charge < -0.3 is 14.2 Å². The van der Waals surface area contributed by atoms with Crippen molar-refractivity contribution in [3.05, 3.63) is 0 Å². The lowest BCUT2D eigenvalue weighted by Gasteiger charge is -2.18. The van der Waals surface area contributed by atoms with Crippen molar-refractivity contribution in [1.82, 2.24) is 0 Å². The summed E-state index contributed by atoms with van der Waals surface area (Å²) in [6, 6.07) is 0. The Morgan fingerprint density at radius 3 is 0.811 bits per heavy atom. The van der Waals surface area contributed by atoms with Gasteiger partial charge in [-0.1, -0.05) is 208 Å². The topological polar surface area (TPSA) is 78.9 Å². The monoisotopic (exact) mass is 751 g/mol. The maximum Gasteiger partial charge on any atom is 0.306 e. The van der Waals surface area contributed by atoms with Crippen LogP contribution in [0.15, 0.2) is 0 Å². The number of hydrogen-bond acceptors (Lipinski definition) is 6. The smallest absolute Gasteiger partial charge is 0.306 e. The summed E-state index contributed by atoms with van der Waals surface area (Å²) in [7, 11) is 0. The van der Waals surface area contributed by atoms with Crippen LogP contribution in [0.5, 0.6) is 0 Å². The third kappa shape index (κ3) is 41.4. The Hall–Kier alpha value is -1.59. The lowest BCUT2D eigenvalue weighted by atomic mass is 10.0. The molecule has 6 heteroatoms. The molecule has 0 aliphatic carbocycles. The summed E-state index contributed by atoms with van der Waals surface area (Å²) in [6.07, 6.45) is 35.2. The number of ether oxygens (including phenoxy) is 3. The quantitative estimate of drug-likeness (QED) is 0.0352. The van der Waals surface area contributed by atoms with Crippen LogP contribution in [0.3, 0.4) is 0 Å². The van der Waals surface area contributed by atoms with Crippen LogP contribution in [0.25, 0.3) is 0 Å². The van der Waals surface area contributed by atoms with Crippen LogP contribution >= 0.6 is 0 Å². The second kappa shape index (κ2) is 38.7. The summed E-state index contributed by atoms with van der Waals surface area (Å²) >= 11 is 0. The fourth-order valence-electron chi connectivity index (χ4n) is 6.88.